The van der Waals surface area contributed by atoms with Crippen LogP contribution in [0.2, 0.25) is 0 Å². The van der Waals surface area contributed by atoms with Crippen LogP contribution in [0.3, 0.4) is 0 Å². The standard InChI is InChI=1S/C15H19N5O2/c1-15(7-2-3-8-22-15)10-16-14(21)12-5-4-6-13(9-12)20-11-17-18-19-20/h4-6,9,11H,2-3,7-8,10H2,1H3,(H,16,21). The summed E-state index contributed by atoms with van der Waals surface area (Å²) < 4.78 is 7.31. The van der Waals surface area contributed by atoms with E-state index in [9.17, 15) is 4.79 Å². The van der Waals surface area contributed by atoms with E-state index >= 15 is 0 Å². The van der Waals surface area contributed by atoms with Crippen LogP contribution in [-0.2, 0) is 4.74 Å². The number of hydrogen-bond donors (Lipinski definition) is 1. The van der Waals surface area contributed by atoms with Crippen LogP contribution in [0.1, 0.15) is 36.5 Å². The van der Waals surface area contributed by atoms with Gasteiger partial charge in [0, 0.05) is 18.7 Å². The summed E-state index contributed by atoms with van der Waals surface area (Å²) in [6.07, 6.45) is 4.70. The van der Waals surface area contributed by atoms with Gasteiger partial charge in [-0.3, -0.25) is 4.79 Å². The lowest BCUT2D eigenvalue weighted by molar-refractivity contribution is -0.0618. The van der Waals surface area contributed by atoms with Crippen LogP contribution < -0.4 is 5.32 Å². The molecule has 2 aromatic rings. The molecule has 2 heterocycles. The molecule has 0 spiro atoms. The van der Waals surface area contributed by atoms with E-state index in [2.05, 4.69) is 20.8 Å². The van der Waals surface area contributed by atoms with Gasteiger partial charge in [-0.25, -0.2) is 4.68 Å². The lowest BCUT2D eigenvalue weighted by atomic mass is 9.96. The highest BCUT2D eigenvalue weighted by Gasteiger charge is 2.28. The summed E-state index contributed by atoms with van der Waals surface area (Å²) in [5.74, 6) is -0.120. The Morgan fingerprint density at radius 1 is 1.45 bits per heavy atom. The molecule has 116 valence electrons. The van der Waals surface area contributed by atoms with Crippen molar-refractivity contribution in [3.8, 4) is 5.69 Å². The molecule has 7 nitrogen and oxygen atoms in total. The van der Waals surface area contributed by atoms with E-state index in [1.165, 1.54) is 11.0 Å². The number of nitrogens with one attached hydrogen (secondary N) is 1. The summed E-state index contributed by atoms with van der Waals surface area (Å²) in [4.78, 5) is 12.3. The number of hydrogen-bond acceptors (Lipinski definition) is 5. The monoisotopic (exact) mass is 301 g/mol. The van der Waals surface area contributed by atoms with Crippen molar-refractivity contribution in [3.05, 3.63) is 36.2 Å². The Bertz CT molecular complexity index is 635. The van der Waals surface area contributed by atoms with Crippen LogP contribution in [0, 0.1) is 0 Å². The zero-order chi connectivity index (χ0) is 15.4. The molecule has 1 atom stereocenters. The number of benzene rings is 1. The summed E-state index contributed by atoms with van der Waals surface area (Å²) in [6.45, 7) is 3.33. The first-order chi connectivity index (χ1) is 10.7. The van der Waals surface area contributed by atoms with Gasteiger partial charge < -0.3 is 10.1 Å². The minimum absolute atomic E-state index is 0.120. The van der Waals surface area contributed by atoms with Gasteiger partial charge in [-0.15, -0.1) is 5.10 Å². The topological polar surface area (TPSA) is 81.9 Å². The van der Waals surface area contributed by atoms with Crippen LogP contribution >= 0.6 is 0 Å². The van der Waals surface area contributed by atoms with E-state index in [1.54, 1.807) is 12.1 Å². The molecule has 7 heteroatoms. The number of tetrazole rings is 1. The van der Waals surface area contributed by atoms with Gasteiger partial charge in [-0.2, -0.15) is 0 Å². The van der Waals surface area contributed by atoms with Gasteiger partial charge >= 0.3 is 0 Å². The second-order valence-electron chi connectivity index (χ2n) is 5.74. The van der Waals surface area contributed by atoms with Crippen molar-refractivity contribution in [2.75, 3.05) is 13.2 Å². The number of carbonyl (C=O) groups excluding carboxylic acids is 1. The molecule has 0 saturated carbocycles. The predicted octanol–water partition coefficient (Wildman–Crippen LogP) is 1.35. The Labute approximate surface area is 128 Å². The van der Waals surface area contributed by atoms with Crippen molar-refractivity contribution < 1.29 is 9.53 Å². The SMILES string of the molecule is CC1(CNC(=O)c2cccc(-n3cnnn3)c2)CCCCO1. The zero-order valence-corrected chi connectivity index (χ0v) is 12.5. The highest BCUT2D eigenvalue weighted by molar-refractivity contribution is 5.94. The lowest BCUT2D eigenvalue weighted by Crippen LogP contribution is -2.44. The largest absolute Gasteiger partial charge is 0.373 e. The first kappa shape index (κ1) is 14.6. The molecule has 1 N–H and O–H groups in total. The van der Waals surface area contributed by atoms with Gasteiger partial charge in [-0.1, -0.05) is 6.07 Å². The molecule has 0 radical (unpaired) electrons. The molecule has 1 aliphatic heterocycles. The molecule has 1 fully saturated rings. The molecule has 3 rings (SSSR count). The Morgan fingerprint density at radius 2 is 2.36 bits per heavy atom. The number of rotatable bonds is 4. The fraction of sp³-hybridized carbons (Fsp3) is 0.467. The van der Waals surface area contributed by atoms with E-state index in [0.29, 0.717) is 12.1 Å². The first-order valence-corrected chi connectivity index (χ1v) is 7.42. The Hall–Kier alpha value is -2.28. The molecular weight excluding hydrogens is 282 g/mol. The molecule has 1 saturated heterocycles. The third-order valence-electron chi connectivity index (χ3n) is 3.90. The maximum atomic E-state index is 12.3. The molecule has 0 aliphatic carbocycles. The Kier molecular flexibility index (Phi) is 4.15. The van der Waals surface area contributed by atoms with Crippen LogP contribution in [0.25, 0.3) is 5.69 Å². The van der Waals surface area contributed by atoms with Crippen molar-refractivity contribution >= 4 is 5.91 Å². The smallest absolute Gasteiger partial charge is 0.251 e. The fourth-order valence-corrected chi connectivity index (χ4v) is 2.57. The summed E-state index contributed by atoms with van der Waals surface area (Å²) in [5.41, 5.74) is 1.06. The molecule has 1 aliphatic rings. The number of ether oxygens (including phenoxy) is 1. The van der Waals surface area contributed by atoms with Crippen molar-refractivity contribution in [2.45, 2.75) is 31.8 Å². The highest BCUT2D eigenvalue weighted by Crippen LogP contribution is 2.23. The number of carbonyl (C=O) groups is 1. The minimum Gasteiger partial charge on any atom is -0.373 e. The van der Waals surface area contributed by atoms with E-state index in [1.807, 2.05) is 19.1 Å². The average Bonchev–Trinajstić information content (AvgIpc) is 3.08. The summed E-state index contributed by atoms with van der Waals surface area (Å²) in [7, 11) is 0. The van der Waals surface area contributed by atoms with E-state index in [-0.39, 0.29) is 11.5 Å². The maximum absolute atomic E-state index is 12.3. The summed E-state index contributed by atoms with van der Waals surface area (Å²) >= 11 is 0. The molecule has 1 amide bonds. The number of nitrogens with zero attached hydrogens (tertiary/aromatic N) is 4. The second kappa shape index (κ2) is 6.23. The second-order valence-corrected chi connectivity index (χ2v) is 5.74. The molecule has 22 heavy (non-hydrogen) atoms. The van der Waals surface area contributed by atoms with E-state index in [0.717, 1.165) is 31.6 Å². The van der Waals surface area contributed by atoms with Crippen molar-refractivity contribution in [1.29, 1.82) is 0 Å². The predicted molar refractivity (Wildman–Crippen MR) is 79.7 cm³/mol. The van der Waals surface area contributed by atoms with E-state index in [4.69, 9.17) is 4.74 Å². The van der Waals surface area contributed by atoms with Gasteiger partial charge in [0.1, 0.15) is 6.33 Å². The van der Waals surface area contributed by atoms with Gasteiger partial charge in [-0.05, 0) is 54.8 Å². The van der Waals surface area contributed by atoms with Gasteiger partial charge in [0.25, 0.3) is 5.91 Å². The first-order valence-electron chi connectivity index (χ1n) is 7.42. The maximum Gasteiger partial charge on any atom is 0.251 e. The quantitative estimate of drug-likeness (QED) is 0.922. The van der Waals surface area contributed by atoms with Crippen molar-refractivity contribution in [3.63, 3.8) is 0 Å². The van der Waals surface area contributed by atoms with Crippen LogP contribution in [0.4, 0.5) is 0 Å². The molecule has 1 unspecified atom stereocenters. The van der Waals surface area contributed by atoms with Gasteiger partial charge in [0.15, 0.2) is 0 Å². The van der Waals surface area contributed by atoms with Crippen molar-refractivity contribution in [2.24, 2.45) is 0 Å². The Morgan fingerprint density at radius 3 is 3.09 bits per heavy atom. The average molecular weight is 301 g/mol. The molecule has 1 aromatic carbocycles. The van der Waals surface area contributed by atoms with E-state index < -0.39 is 0 Å². The van der Waals surface area contributed by atoms with Crippen LogP contribution in [-0.4, -0.2) is 44.9 Å². The lowest BCUT2D eigenvalue weighted by Gasteiger charge is -2.33. The summed E-state index contributed by atoms with van der Waals surface area (Å²) in [5, 5.41) is 14.0. The van der Waals surface area contributed by atoms with Gasteiger partial charge in [0.05, 0.1) is 11.3 Å². The highest BCUT2D eigenvalue weighted by atomic mass is 16.5. The normalized spacial score (nSPS) is 21.5. The summed E-state index contributed by atoms with van der Waals surface area (Å²) in [6, 6.07) is 7.19. The third-order valence-corrected chi connectivity index (χ3v) is 3.90. The van der Waals surface area contributed by atoms with Crippen molar-refractivity contribution in [1.82, 2.24) is 25.5 Å². The van der Waals surface area contributed by atoms with Gasteiger partial charge in [0.2, 0.25) is 0 Å². The third kappa shape index (κ3) is 3.30. The minimum atomic E-state index is -0.263. The molecule has 1 aromatic heterocycles. The molecular formula is C15H19N5O2. The van der Waals surface area contributed by atoms with Crippen LogP contribution in [0.5, 0.6) is 0 Å². The number of amides is 1. The van der Waals surface area contributed by atoms with Crippen LogP contribution in [0.15, 0.2) is 30.6 Å². The fourth-order valence-electron chi connectivity index (χ4n) is 2.57. The number of aromatic nitrogens is 4. The molecule has 0 bridgehead atoms. The Balaban J connectivity index is 1.66. The zero-order valence-electron chi connectivity index (χ0n) is 12.5.